The molecule has 25 heavy (non-hydrogen) atoms. The molecule has 2 aromatic rings. The van der Waals surface area contributed by atoms with Crippen molar-refractivity contribution in [2.45, 2.75) is 20.3 Å². The molecule has 1 aliphatic rings. The molecule has 0 radical (unpaired) electrons. The van der Waals surface area contributed by atoms with Gasteiger partial charge < -0.3 is 9.84 Å². The number of methoxy groups -OCH3 is 1. The summed E-state index contributed by atoms with van der Waals surface area (Å²) in [7, 11) is 1.66. The van der Waals surface area contributed by atoms with Gasteiger partial charge >= 0.3 is 5.97 Å². The van der Waals surface area contributed by atoms with Gasteiger partial charge in [-0.3, -0.25) is 0 Å². The van der Waals surface area contributed by atoms with E-state index in [1.165, 1.54) is 6.08 Å². The van der Waals surface area contributed by atoms with E-state index in [0.29, 0.717) is 0 Å². The van der Waals surface area contributed by atoms with Gasteiger partial charge in [-0.15, -0.1) is 0 Å². The van der Waals surface area contributed by atoms with Gasteiger partial charge in [-0.05, 0) is 65.1 Å². The van der Waals surface area contributed by atoms with Gasteiger partial charge in [0.15, 0.2) is 0 Å². The van der Waals surface area contributed by atoms with E-state index >= 15 is 0 Å². The SMILES string of the molecule is COc1cc(C)c2cc(C3=CC=C(C(=O)O)C(=C=O)C3)ccc2c1C. The van der Waals surface area contributed by atoms with Crippen LogP contribution in [0, 0.1) is 13.8 Å². The van der Waals surface area contributed by atoms with Gasteiger partial charge in [0.2, 0.25) is 0 Å². The van der Waals surface area contributed by atoms with Gasteiger partial charge in [0.25, 0.3) is 0 Å². The first-order valence-electron chi connectivity index (χ1n) is 7.93. The predicted molar refractivity (Wildman–Crippen MR) is 97.5 cm³/mol. The number of aliphatic carboxylic acids is 1. The third-order valence-electron chi connectivity index (χ3n) is 4.65. The van der Waals surface area contributed by atoms with E-state index in [2.05, 4.69) is 6.07 Å². The number of fused-ring (bicyclic) bond motifs is 1. The molecular formula is C21H18O4. The Kier molecular flexibility index (Phi) is 4.30. The summed E-state index contributed by atoms with van der Waals surface area (Å²) in [6.45, 7) is 4.05. The molecule has 3 rings (SSSR count). The Morgan fingerprint density at radius 1 is 1.16 bits per heavy atom. The Morgan fingerprint density at radius 2 is 1.92 bits per heavy atom. The molecule has 0 saturated carbocycles. The Balaban J connectivity index is 2.14. The number of ether oxygens (including phenoxy) is 1. The minimum absolute atomic E-state index is 0.0105. The Labute approximate surface area is 145 Å². The number of allylic oxidation sites excluding steroid dienone is 3. The number of carbonyl (C=O) groups is 1. The van der Waals surface area contributed by atoms with Crippen LogP contribution in [0.4, 0.5) is 0 Å². The van der Waals surface area contributed by atoms with Crippen LogP contribution in [0.25, 0.3) is 16.3 Å². The number of carbonyl (C=O) groups excluding carboxylic acids is 1. The highest BCUT2D eigenvalue weighted by Crippen LogP contribution is 2.35. The molecular weight excluding hydrogens is 316 g/mol. The van der Waals surface area contributed by atoms with Gasteiger partial charge in [-0.25, -0.2) is 9.59 Å². The van der Waals surface area contributed by atoms with Crippen molar-refractivity contribution >= 4 is 28.3 Å². The van der Waals surface area contributed by atoms with Gasteiger partial charge in [-0.1, -0.05) is 18.2 Å². The number of carboxylic acids is 1. The van der Waals surface area contributed by atoms with Crippen molar-refractivity contribution in [2.24, 2.45) is 0 Å². The van der Waals surface area contributed by atoms with Crippen LogP contribution in [-0.4, -0.2) is 24.1 Å². The van der Waals surface area contributed by atoms with Gasteiger partial charge in [0.05, 0.1) is 18.3 Å². The second-order valence-electron chi connectivity index (χ2n) is 6.12. The van der Waals surface area contributed by atoms with E-state index in [-0.39, 0.29) is 17.6 Å². The first-order valence-corrected chi connectivity index (χ1v) is 7.93. The van der Waals surface area contributed by atoms with Crippen molar-refractivity contribution in [3.63, 3.8) is 0 Å². The van der Waals surface area contributed by atoms with Crippen LogP contribution < -0.4 is 4.74 Å². The van der Waals surface area contributed by atoms with Crippen molar-refractivity contribution in [1.82, 2.24) is 0 Å². The molecule has 1 N–H and O–H groups in total. The van der Waals surface area contributed by atoms with Gasteiger partial charge in [-0.2, -0.15) is 0 Å². The van der Waals surface area contributed by atoms with Crippen LogP contribution >= 0.6 is 0 Å². The number of rotatable bonds is 3. The average molecular weight is 334 g/mol. The van der Waals surface area contributed by atoms with Crippen LogP contribution in [0.2, 0.25) is 0 Å². The summed E-state index contributed by atoms with van der Waals surface area (Å²) in [5.74, 6) is 1.52. The first-order chi connectivity index (χ1) is 12.0. The summed E-state index contributed by atoms with van der Waals surface area (Å²) in [6, 6.07) is 8.11. The minimum atomic E-state index is -1.11. The summed E-state index contributed by atoms with van der Waals surface area (Å²) in [5.41, 5.74) is 4.23. The molecule has 4 heteroatoms. The first kappa shape index (κ1) is 16.7. The number of hydrogen-bond donors (Lipinski definition) is 1. The lowest BCUT2D eigenvalue weighted by Crippen LogP contribution is -2.08. The standard InChI is InChI=1S/C21H18O4/c1-12-8-20(25-3)13(2)17-6-4-15(10-19(12)17)14-5-7-18(21(23)24)16(9-14)11-22/h4-8,10H,9H2,1-3H3,(H,23,24). The molecule has 0 atom stereocenters. The van der Waals surface area contributed by atoms with Crippen molar-refractivity contribution in [2.75, 3.05) is 7.11 Å². The van der Waals surface area contributed by atoms with Crippen LogP contribution in [0.5, 0.6) is 5.75 Å². The molecule has 0 amide bonds. The van der Waals surface area contributed by atoms with Crippen molar-refractivity contribution < 1.29 is 19.4 Å². The fourth-order valence-electron chi connectivity index (χ4n) is 3.24. The van der Waals surface area contributed by atoms with E-state index in [1.54, 1.807) is 19.1 Å². The number of benzene rings is 2. The maximum absolute atomic E-state index is 11.2. The fourth-order valence-corrected chi connectivity index (χ4v) is 3.24. The largest absolute Gasteiger partial charge is 0.496 e. The summed E-state index contributed by atoms with van der Waals surface area (Å²) >= 11 is 0. The lowest BCUT2D eigenvalue weighted by atomic mass is 9.88. The number of carboxylic acid groups (broad SMARTS) is 1. The highest BCUT2D eigenvalue weighted by Gasteiger charge is 2.20. The van der Waals surface area contributed by atoms with E-state index in [1.807, 2.05) is 32.0 Å². The zero-order chi connectivity index (χ0) is 18.1. The van der Waals surface area contributed by atoms with Crippen LogP contribution in [-0.2, 0) is 9.59 Å². The van der Waals surface area contributed by atoms with Crippen LogP contribution in [0.15, 0.2) is 47.6 Å². The molecule has 126 valence electrons. The van der Waals surface area contributed by atoms with Gasteiger partial charge in [0, 0.05) is 6.42 Å². The summed E-state index contributed by atoms with van der Waals surface area (Å²) in [5, 5.41) is 11.4. The Bertz CT molecular complexity index is 1000. The lowest BCUT2D eigenvalue weighted by Gasteiger charge is -2.16. The van der Waals surface area contributed by atoms with Crippen LogP contribution in [0.1, 0.15) is 23.1 Å². The molecule has 0 spiro atoms. The quantitative estimate of drug-likeness (QED) is 0.861. The highest BCUT2D eigenvalue weighted by atomic mass is 16.5. The molecule has 0 saturated heterocycles. The molecule has 1 aliphatic carbocycles. The third kappa shape index (κ3) is 2.88. The second-order valence-corrected chi connectivity index (χ2v) is 6.12. The molecule has 0 heterocycles. The van der Waals surface area contributed by atoms with Crippen molar-refractivity contribution in [1.29, 1.82) is 0 Å². The average Bonchev–Trinajstić information content (AvgIpc) is 2.63. The third-order valence-corrected chi connectivity index (χ3v) is 4.65. The zero-order valence-electron chi connectivity index (χ0n) is 14.3. The second kappa shape index (κ2) is 6.42. The normalized spacial score (nSPS) is 14.0. The Hall–Kier alpha value is -3.10. The van der Waals surface area contributed by atoms with Crippen molar-refractivity contribution in [3.05, 3.63) is 64.3 Å². The topological polar surface area (TPSA) is 63.6 Å². The highest BCUT2D eigenvalue weighted by molar-refractivity contribution is 5.99. The maximum Gasteiger partial charge on any atom is 0.336 e. The minimum Gasteiger partial charge on any atom is -0.496 e. The molecule has 4 nitrogen and oxygen atoms in total. The Morgan fingerprint density at radius 3 is 2.56 bits per heavy atom. The molecule has 2 aromatic carbocycles. The molecule has 0 unspecified atom stereocenters. The van der Waals surface area contributed by atoms with Crippen molar-refractivity contribution in [3.8, 4) is 5.75 Å². The summed E-state index contributed by atoms with van der Waals surface area (Å²) in [6.07, 6.45) is 3.50. The summed E-state index contributed by atoms with van der Waals surface area (Å²) < 4.78 is 5.42. The van der Waals surface area contributed by atoms with Crippen LogP contribution in [0.3, 0.4) is 0 Å². The molecule has 0 bridgehead atoms. The van der Waals surface area contributed by atoms with E-state index in [9.17, 15) is 9.59 Å². The van der Waals surface area contributed by atoms with E-state index in [0.717, 1.165) is 38.8 Å². The zero-order valence-corrected chi connectivity index (χ0v) is 14.3. The molecule has 0 aromatic heterocycles. The van der Waals surface area contributed by atoms with E-state index in [4.69, 9.17) is 9.84 Å². The number of aryl methyl sites for hydroxylation is 2. The summed E-state index contributed by atoms with van der Waals surface area (Å²) in [4.78, 5) is 22.3. The number of hydrogen-bond acceptors (Lipinski definition) is 3. The predicted octanol–water partition coefficient (Wildman–Crippen LogP) is 4.02. The van der Waals surface area contributed by atoms with E-state index < -0.39 is 5.97 Å². The maximum atomic E-state index is 11.2. The van der Waals surface area contributed by atoms with Gasteiger partial charge in [0.1, 0.15) is 11.7 Å². The fraction of sp³-hybridized carbons (Fsp3) is 0.190. The molecule has 0 aliphatic heterocycles. The monoisotopic (exact) mass is 334 g/mol. The molecule has 0 fully saturated rings. The smallest absolute Gasteiger partial charge is 0.336 e. The lowest BCUT2D eigenvalue weighted by molar-refractivity contribution is -0.132.